The Kier molecular flexibility index (Phi) is 2.57. The van der Waals surface area contributed by atoms with Crippen molar-refractivity contribution in [1.82, 2.24) is 4.90 Å². The predicted octanol–water partition coefficient (Wildman–Crippen LogP) is -0.0322. The van der Waals surface area contributed by atoms with Gasteiger partial charge < -0.3 is 14.8 Å². The van der Waals surface area contributed by atoms with E-state index in [1.54, 1.807) is 11.8 Å². The summed E-state index contributed by atoms with van der Waals surface area (Å²) in [6, 6.07) is -0.410. The van der Waals surface area contributed by atoms with Crippen molar-refractivity contribution in [3.63, 3.8) is 0 Å². The van der Waals surface area contributed by atoms with Crippen LogP contribution in [0, 0.1) is 0 Å². The fourth-order valence-electron chi connectivity index (χ4n) is 1.33. The SMILES string of the molecule is CC(=S)N1CCC(O)C1C=O. The van der Waals surface area contributed by atoms with E-state index in [0.29, 0.717) is 18.0 Å². The van der Waals surface area contributed by atoms with Gasteiger partial charge in [-0.25, -0.2) is 0 Å². The first-order valence-corrected chi connectivity index (χ1v) is 3.98. The minimum atomic E-state index is -0.537. The van der Waals surface area contributed by atoms with Gasteiger partial charge in [-0.05, 0) is 13.3 Å². The Morgan fingerprint density at radius 1 is 1.82 bits per heavy atom. The largest absolute Gasteiger partial charge is 0.390 e. The van der Waals surface area contributed by atoms with Crippen LogP contribution in [0.1, 0.15) is 13.3 Å². The van der Waals surface area contributed by atoms with Gasteiger partial charge in [0.05, 0.1) is 11.1 Å². The third kappa shape index (κ3) is 1.57. The number of carbonyl (C=O) groups excluding carboxylic acids is 1. The summed E-state index contributed by atoms with van der Waals surface area (Å²) >= 11 is 4.91. The highest BCUT2D eigenvalue weighted by Crippen LogP contribution is 2.16. The maximum absolute atomic E-state index is 10.5. The lowest BCUT2D eigenvalue weighted by molar-refractivity contribution is -0.112. The molecule has 4 heteroatoms. The van der Waals surface area contributed by atoms with E-state index >= 15 is 0 Å². The van der Waals surface area contributed by atoms with E-state index in [1.807, 2.05) is 0 Å². The summed E-state index contributed by atoms with van der Waals surface area (Å²) < 4.78 is 0. The second kappa shape index (κ2) is 3.28. The molecular formula is C7H11NO2S. The van der Waals surface area contributed by atoms with Crippen LogP contribution in [0.5, 0.6) is 0 Å². The van der Waals surface area contributed by atoms with E-state index < -0.39 is 12.1 Å². The Labute approximate surface area is 71.0 Å². The summed E-state index contributed by atoms with van der Waals surface area (Å²) in [5.74, 6) is 0. The van der Waals surface area contributed by atoms with Gasteiger partial charge in [-0.2, -0.15) is 0 Å². The van der Waals surface area contributed by atoms with Crippen LogP contribution in [0.4, 0.5) is 0 Å². The van der Waals surface area contributed by atoms with Crippen LogP contribution in [0.3, 0.4) is 0 Å². The number of carbonyl (C=O) groups is 1. The molecule has 62 valence electrons. The summed E-state index contributed by atoms with van der Waals surface area (Å²) in [4.78, 5) is 12.9. The van der Waals surface area contributed by atoms with Crippen molar-refractivity contribution < 1.29 is 9.90 Å². The van der Waals surface area contributed by atoms with Gasteiger partial charge in [0.1, 0.15) is 12.3 Å². The molecule has 0 radical (unpaired) electrons. The summed E-state index contributed by atoms with van der Waals surface area (Å²) in [5, 5.41) is 9.28. The van der Waals surface area contributed by atoms with Gasteiger partial charge in [-0.15, -0.1) is 0 Å². The Morgan fingerprint density at radius 3 is 2.82 bits per heavy atom. The van der Waals surface area contributed by atoms with Crippen molar-refractivity contribution in [2.24, 2.45) is 0 Å². The number of hydrogen-bond acceptors (Lipinski definition) is 3. The maximum Gasteiger partial charge on any atom is 0.145 e. The van der Waals surface area contributed by atoms with E-state index in [4.69, 9.17) is 12.2 Å². The topological polar surface area (TPSA) is 40.5 Å². The average Bonchev–Trinajstić information content (AvgIpc) is 2.30. The molecule has 0 amide bonds. The van der Waals surface area contributed by atoms with Crippen molar-refractivity contribution in [3.8, 4) is 0 Å². The van der Waals surface area contributed by atoms with Crippen LogP contribution >= 0.6 is 12.2 Å². The highest BCUT2D eigenvalue weighted by atomic mass is 32.1. The van der Waals surface area contributed by atoms with Crippen molar-refractivity contribution in [3.05, 3.63) is 0 Å². The molecule has 1 saturated heterocycles. The first-order valence-electron chi connectivity index (χ1n) is 3.57. The predicted molar refractivity (Wildman–Crippen MR) is 45.5 cm³/mol. The summed E-state index contributed by atoms with van der Waals surface area (Å²) in [6.45, 7) is 2.46. The van der Waals surface area contributed by atoms with E-state index in [0.717, 1.165) is 6.29 Å². The first-order chi connectivity index (χ1) is 5.16. The van der Waals surface area contributed by atoms with E-state index in [-0.39, 0.29) is 0 Å². The molecule has 0 saturated carbocycles. The minimum absolute atomic E-state index is 0.410. The lowest BCUT2D eigenvalue weighted by Gasteiger charge is -2.21. The second-order valence-corrected chi connectivity index (χ2v) is 3.29. The Morgan fingerprint density at radius 2 is 2.45 bits per heavy atom. The molecule has 1 aliphatic heterocycles. The highest BCUT2D eigenvalue weighted by molar-refractivity contribution is 7.80. The molecule has 2 unspecified atom stereocenters. The van der Waals surface area contributed by atoms with Gasteiger partial charge in [-0.1, -0.05) is 12.2 Å². The Balaban J connectivity index is 2.68. The van der Waals surface area contributed by atoms with E-state index in [2.05, 4.69) is 0 Å². The maximum atomic E-state index is 10.5. The van der Waals surface area contributed by atoms with Crippen molar-refractivity contribution in [2.45, 2.75) is 25.5 Å². The lowest BCUT2D eigenvalue weighted by atomic mass is 10.2. The second-order valence-electron chi connectivity index (χ2n) is 2.70. The molecule has 0 spiro atoms. The molecule has 1 N–H and O–H groups in total. The van der Waals surface area contributed by atoms with Crippen LogP contribution in [0.25, 0.3) is 0 Å². The third-order valence-electron chi connectivity index (χ3n) is 1.96. The van der Waals surface area contributed by atoms with Gasteiger partial charge >= 0.3 is 0 Å². The van der Waals surface area contributed by atoms with Gasteiger partial charge in [0.25, 0.3) is 0 Å². The van der Waals surface area contributed by atoms with Crippen molar-refractivity contribution in [1.29, 1.82) is 0 Å². The molecule has 0 aromatic carbocycles. The molecule has 2 atom stereocenters. The Bertz CT molecular complexity index is 183. The van der Waals surface area contributed by atoms with Crippen molar-refractivity contribution >= 4 is 23.5 Å². The molecular weight excluding hydrogens is 162 g/mol. The fourth-order valence-corrected chi connectivity index (χ4v) is 1.54. The zero-order valence-electron chi connectivity index (χ0n) is 6.36. The fraction of sp³-hybridized carbons (Fsp3) is 0.714. The monoisotopic (exact) mass is 173 g/mol. The molecule has 0 bridgehead atoms. The number of nitrogens with zero attached hydrogens (tertiary/aromatic N) is 1. The number of aldehydes is 1. The number of likely N-dealkylation sites (tertiary alicyclic amines) is 1. The standard InChI is InChI=1S/C7H11NO2S/c1-5(11)8-3-2-7(10)6(8)4-9/h4,6-7,10H,2-3H2,1H3. The van der Waals surface area contributed by atoms with Crippen LogP contribution in [0.15, 0.2) is 0 Å². The summed E-state index contributed by atoms with van der Waals surface area (Å²) in [6.07, 6.45) is 0.857. The van der Waals surface area contributed by atoms with Gasteiger partial charge in [0.15, 0.2) is 0 Å². The molecule has 1 heterocycles. The van der Waals surface area contributed by atoms with Gasteiger partial charge in [0, 0.05) is 6.54 Å². The molecule has 1 aliphatic rings. The third-order valence-corrected chi connectivity index (χ3v) is 2.20. The van der Waals surface area contributed by atoms with E-state index in [1.165, 1.54) is 0 Å². The van der Waals surface area contributed by atoms with Crippen molar-refractivity contribution in [2.75, 3.05) is 6.54 Å². The first kappa shape index (κ1) is 8.62. The number of aliphatic hydroxyl groups excluding tert-OH is 1. The van der Waals surface area contributed by atoms with Crippen LogP contribution < -0.4 is 0 Å². The number of rotatable bonds is 1. The average molecular weight is 173 g/mol. The molecule has 1 fully saturated rings. The normalized spacial score (nSPS) is 30.5. The smallest absolute Gasteiger partial charge is 0.145 e. The summed E-state index contributed by atoms with van der Waals surface area (Å²) in [7, 11) is 0. The van der Waals surface area contributed by atoms with Gasteiger partial charge in [-0.3, -0.25) is 0 Å². The Hall–Kier alpha value is -0.480. The van der Waals surface area contributed by atoms with Crippen LogP contribution in [-0.4, -0.2) is 40.0 Å². The van der Waals surface area contributed by atoms with Crippen LogP contribution in [-0.2, 0) is 4.79 Å². The molecule has 3 nitrogen and oxygen atoms in total. The number of aliphatic hydroxyl groups is 1. The van der Waals surface area contributed by atoms with Gasteiger partial charge in [0.2, 0.25) is 0 Å². The molecule has 0 aliphatic carbocycles. The molecule has 11 heavy (non-hydrogen) atoms. The molecule has 0 aromatic rings. The zero-order valence-corrected chi connectivity index (χ0v) is 7.17. The van der Waals surface area contributed by atoms with Crippen LogP contribution in [0.2, 0.25) is 0 Å². The van der Waals surface area contributed by atoms with E-state index in [9.17, 15) is 9.90 Å². The highest BCUT2D eigenvalue weighted by Gasteiger charge is 2.32. The number of hydrogen-bond donors (Lipinski definition) is 1. The molecule has 0 aromatic heterocycles. The molecule has 1 rings (SSSR count). The number of thiocarbonyl (C=S) groups is 1. The lowest BCUT2D eigenvalue weighted by Crippen LogP contribution is -2.38. The quantitative estimate of drug-likeness (QED) is 0.446. The zero-order chi connectivity index (χ0) is 8.43. The minimum Gasteiger partial charge on any atom is -0.390 e. The summed E-state index contributed by atoms with van der Waals surface area (Å²) in [5.41, 5.74) is 0.